The quantitative estimate of drug-likeness (QED) is 0.729. The highest BCUT2D eigenvalue weighted by molar-refractivity contribution is 5.21. The average Bonchev–Trinajstić information content (AvgIpc) is 2.03. The zero-order valence-electron chi connectivity index (χ0n) is 7.70. The Morgan fingerprint density at radius 3 is 2.67 bits per heavy atom. The average molecular weight is 166 g/mol. The molecule has 3 nitrogen and oxygen atoms in total. The van der Waals surface area contributed by atoms with Crippen LogP contribution in [0.15, 0.2) is 6.20 Å². The Bertz CT molecular complexity index is 271. The maximum Gasteiger partial charge on any atom is 0.314 e. The summed E-state index contributed by atoms with van der Waals surface area (Å²) in [5.41, 5.74) is 2.06. The van der Waals surface area contributed by atoms with Crippen molar-refractivity contribution in [2.75, 3.05) is 0 Å². The van der Waals surface area contributed by atoms with Gasteiger partial charge in [-0.1, -0.05) is 20.8 Å². The molecule has 0 fully saturated rings. The van der Waals surface area contributed by atoms with E-state index in [1.54, 1.807) is 6.20 Å². The van der Waals surface area contributed by atoms with Crippen molar-refractivity contribution in [1.29, 1.82) is 0 Å². The molecule has 3 heteroatoms. The van der Waals surface area contributed by atoms with E-state index < -0.39 is 0 Å². The van der Waals surface area contributed by atoms with Gasteiger partial charge in [0, 0.05) is 6.20 Å². The second-order valence-corrected chi connectivity index (χ2v) is 3.08. The fourth-order valence-corrected chi connectivity index (χ4v) is 1.18. The first-order valence-electron chi connectivity index (χ1n) is 4.20. The predicted molar refractivity (Wildman–Crippen MR) is 47.2 cm³/mol. The normalized spacial score (nSPS) is 10.7. The van der Waals surface area contributed by atoms with Gasteiger partial charge in [0.1, 0.15) is 0 Å². The lowest BCUT2D eigenvalue weighted by molar-refractivity contribution is 0.426. The summed E-state index contributed by atoms with van der Waals surface area (Å²) in [7, 11) is 0. The van der Waals surface area contributed by atoms with Crippen molar-refractivity contribution in [3.05, 3.63) is 17.5 Å². The minimum Gasteiger partial charge on any atom is -0.479 e. The van der Waals surface area contributed by atoms with Crippen LogP contribution in [0.3, 0.4) is 0 Å². The second-order valence-electron chi connectivity index (χ2n) is 3.08. The summed E-state index contributed by atoms with van der Waals surface area (Å²) in [6, 6.07) is -0.128. The molecule has 0 aliphatic carbocycles. The first kappa shape index (κ1) is 8.97. The largest absolute Gasteiger partial charge is 0.479 e. The molecule has 0 saturated heterocycles. The van der Waals surface area contributed by atoms with Crippen molar-refractivity contribution in [3.8, 4) is 6.01 Å². The zero-order valence-corrected chi connectivity index (χ0v) is 7.70. The Hall–Kier alpha value is -1.12. The van der Waals surface area contributed by atoms with Gasteiger partial charge in [-0.25, -0.2) is 9.97 Å². The van der Waals surface area contributed by atoms with E-state index in [4.69, 9.17) is 5.11 Å². The molecule has 0 spiro atoms. The van der Waals surface area contributed by atoms with Gasteiger partial charge in [-0.15, -0.1) is 0 Å². The minimum absolute atomic E-state index is 0.128. The molecule has 1 N–H and O–H groups in total. The molecule has 1 rings (SSSR count). The van der Waals surface area contributed by atoms with Crippen molar-refractivity contribution in [2.45, 2.75) is 33.1 Å². The van der Waals surface area contributed by atoms with Gasteiger partial charge >= 0.3 is 6.01 Å². The van der Waals surface area contributed by atoms with Crippen molar-refractivity contribution in [3.63, 3.8) is 0 Å². The molecule has 0 radical (unpaired) electrons. The minimum atomic E-state index is -0.128. The molecule has 1 heterocycles. The number of nitrogens with zero attached hydrogens (tertiary/aromatic N) is 2. The molecule has 0 saturated carbocycles. The van der Waals surface area contributed by atoms with Gasteiger partial charge in [0.15, 0.2) is 0 Å². The van der Waals surface area contributed by atoms with E-state index in [-0.39, 0.29) is 6.01 Å². The monoisotopic (exact) mass is 166 g/mol. The number of aromatic nitrogens is 2. The lowest BCUT2D eigenvalue weighted by Crippen LogP contribution is -1.99. The van der Waals surface area contributed by atoms with E-state index in [9.17, 15) is 0 Å². The molecule has 0 atom stereocenters. The molecule has 0 amide bonds. The summed E-state index contributed by atoms with van der Waals surface area (Å²) in [5, 5.41) is 9.03. The molecule has 0 bridgehead atoms. The van der Waals surface area contributed by atoms with Crippen LogP contribution >= 0.6 is 0 Å². The number of rotatable bonds is 2. The van der Waals surface area contributed by atoms with Crippen LogP contribution in [0.25, 0.3) is 0 Å². The van der Waals surface area contributed by atoms with Crippen LogP contribution in [0.2, 0.25) is 0 Å². The third-order valence-electron chi connectivity index (χ3n) is 1.84. The third kappa shape index (κ3) is 1.72. The van der Waals surface area contributed by atoms with Crippen LogP contribution < -0.4 is 0 Å². The Morgan fingerprint density at radius 1 is 1.50 bits per heavy atom. The molecule has 66 valence electrons. The standard InChI is InChI=1S/C9H14N2O/c1-4-8-7(6(2)3)5-10-9(12)11-8/h5-6H,4H2,1-3H3,(H,10,11,12). The Kier molecular flexibility index (Phi) is 2.63. The lowest BCUT2D eigenvalue weighted by Gasteiger charge is -2.08. The summed E-state index contributed by atoms with van der Waals surface area (Å²) >= 11 is 0. The van der Waals surface area contributed by atoms with E-state index in [1.165, 1.54) is 0 Å². The lowest BCUT2D eigenvalue weighted by atomic mass is 10.0. The van der Waals surface area contributed by atoms with Crippen LogP contribution in [-0.2, 0) is 6.42 Å². The summed E-state index contributed by atoms with van der Waals surface area (Å²) in [6.45, 7) is 6.21. The molecule has 0 aromatic carbocycles. The Labute approximate surface area is 72.5 Å². The van der Waals surface area contributed by atoms with Crippen LogP contribution in [0.1, 0.15) is 37.9 Å². The zero-order chi connectivity index (χ0) is 9.14. The van der Waals surface area contributed by atoms with Gasteiger partial charge in [-0.05, 0) is 17.9 Å². The van der Waals surface area contributed by atoms with Gasteiger partial charge in [-0.3, -0.25) is 0 Å². The van der Waals surface area contributed by atoms with Crippen molar-refractivity contribution in [2.24, 2.45) is 0 Å². The van der Waals surface area contributed by atoms with E-state index in [0.29, 0.717) is 5.92 Å². The highest BCUT2D eigenvalue weighted by atomic mass is 16.3. The number of aryl methyl sites for hydroxylation is 1. The van der Waals surface area contributed by atoms with E-state index >= 15 is 0 Å². The van der Waals surface area contributed by atoms with E-state index in [2.05, 4.69) is 23.8 Å². The first-order chi connectivity index (χ1) is 5.65. The SMILES string of the molecule is CCc1nc(O)ncc1C(C)C. The van der Waals surface area contributed by atoms with Gasteiger partial charge < -0.3 is 5.11 Å². The summed E-state index contributed by atoms with van der Waals surface area (Å²) < 4.78 is 0. The van der Waals surface area contributed by atoms with Crippen molar-refractivity contribution in [1.82, 2.24) is 9.97 Å². The molecule has 0 aliphatic heterocycles. The molecular weight excluding hydrogens is 152 g/mol. The highest BCUT2D eigenvalue weighted by Crippen LogP contribution is 2.18. The summed E-state index contributed by atoms with van der Waals surface area (Å²) in [5.74, 6) is 0.417. The Morgan fingerprint density at radius 2 is 2.17 bits per heavy atom. The van der Waals surface area contributed by atoms with Gasteiger partial charge in [0.2, 0.25) is 0 Å². The second kappa shape index (κ2) is 3.52. The molecule has 0 unspecified atom stereocenters. The van der Waals surface area contributed by atoms with Crippen LogP contribution in [-0.4, -0.2) is 15.1 Å². The van der Waals surface area contributed by atoms with Crippen molar-refractivity contribution < 1.29 is 5.11 Å². The number of hydrogen-bond acceptors (Lipinski definition) is 3. The maximum absolute atomic E-state index is 9.03. The van der Waals surface area contributed by atoms with Crippen LogP contribution in [0, 0.1) is 0 Å². The first-order valence-corrected chi connectivity index (χ1v) is 4.20. The predicted octanol–water partition coefficient (Wildman–Crippen LogP) is 1.87. The molecule has 0 aliphatic rings. The summed E-state index contributed by atoms with van der Waals surface area (Å²) in [6.07, 6.45) is 2.54. The topological polar surface area (TPSA) is 46.0 Å². The fraction of sp³-hybridized carbons (Fsp3) is 0.556. The fourth-order valence-electron chi connectivity index (χ4n) is 1.18. The van der Waals surface area contributed by atoms with E-state index in [0.717, 1.165) is 17.7 Å². The molecular formula is C9H14N2O. The molecule has 1 aromatic rings. The van der Waals surface area contributed by atoms with Crippen molar-refractivity contribution >= 4 is 0 Å². The Balaban J connectivity index is 3.11. The van der Waals surface area contributed by atoms with Gasteiger partial charge in [0.25, 0.3) is 0 Å². The van der Waals surface area contributed by atoms with Crippen LogP contribution in [0.5, 0.6) is 6.01 Å². The molecule has 1 aromatic heterocycles. The van der Waals surface area contributed by atoms with Gasteiger partial charge in [-0.2, -0.15) is 0 Å². The summed E-state index contributed by atoms with van der Waals surface area (Å²) in [4.78, 5) is 7.71. The van der Waals surface area contributed by atoms with Gasteiger partial charge in [0.05, 0.1) is 5.69 Å². The number of hydrogen-bond donors (Lipinski definition) is 1. The molecule has 12 heavy (non-hydrogen) atoms. The third-order valence-corrected chi connectivity index (χ3v) is 1.84. The highest BCUT2D eigenvalue weighted by Gasteiger charge is 2.07. The van der Waals surface area contributed by atoms with Crippen LogP contribution in [0.4, 0.5) is 0 Å². The smallest absolute Gasteiger partial charge is 0.314 e. The number of aromatic hydroxyl groups is 1. The van der Waals surface area contributed by atoms with E-state index in [1.807, 2.05) is 6.92 Å². The maximum atomic E-state index is 9.03.